The molecule has 0 aliphatic heterocycles. The Morgan fingerprint density at radius 1 is 1.00 bits per heavy atom. The molecule has 0 aliphatic rings. The van der Waals surface area contributed by atoms with Crippen molar-refractivity contribution in [2.45, 2.75) is 32.4 Å². The lowest BCUT2D eigenvalue weighted by molar-refractivity contribution is -0.0493. The normalized spacial score (nSPS) is 12.2. The number of anilines is 1. The highest BCUT2D eigenvalue weighted by molar-refractivity contribution is 5.57. The van der Waals surface area contributed by atoms with Crippen LogP contribution in [0.25, 0.3) is 0 Å². The van der Waals surface area contributed by atoms with Gasteiger partial charge >= 0.3 is 6.61 Å². The predicted octanol–water partition coefficient (Wildman–Crippen LogP) is 5.24. The minimum absolute atomic E-state index is 0.0682. The van der Waals surface area contributed by atoms with Crippen LogP contribution in [0.5, 0.6) is 5.75 Å². The summed E-state index contributed by atoms with van der Waals surface area (Å²) in [5.74, 6) is 0.171. The molecule has 0 aromatic heterocycles. The molecule has 0 saturated carbocycles. The molecule has 0 saturated heterocycles. The van der Waals surface area contributed by atoms with Crippen LogP contribution >= 0.6 is 0 Å². The van der Waals surface area contributed by atoms with Crippen molar-refractivity contribution in [3.8, 4) is 5.75 Å². The number of benzene rings is 2. The SMILES string of the molecule is CCCC(Nc1ccccc1OC(F)F)c1ccccc1. The first-order valence-corrected chi connectivity index (χ1v) is 7.06. The van der Waals surface area contributed by atoms with Gasteiger partial charge in [0.05, 0.1) is 11.7 Å². The lowest BCUT2D eigenvalue weighted by Crippen LogP contribution is -2.12. The topological polar surface area (TPSA) is 21.3 Å². The minimum Gasteiger partial charge on any atom is -0.433 e. The molecule has 21 heavy (non-hydrogen) atoms. The summed E-state index contributed by atoms with van der Waals surface area (Å²) in [5, 5.41) is 3.31. The number of nitrogens with one attached hydrogen (secondary N) is 1. The van der Waals surface area contributed by atoms with Crippen LogP contribution in [0.1, 0.15) is 31.4 Å². The van der Waals surface area contributed by atoms with E-state index in [0.29, 0.717) is 5.69 Å². The standard InChI is InChI=1S/C17H19F2NO/c1-2-8-14(13-9-4-3-5-10-13)20-15-11-6-7-12-16(15)21-17(18)19/h3-7,9-12,14,17,20H,2,8H2,1H3. The second-order valence-corrected chi connectivity index (χ2v) is 4.77. The van der Waals surface area contributed by atoms with Gasteiger partial charge < -0.3 is 10.1 Å². The third-order valence-corrected chi connectivity index (χ3v) is 3.21. The van der Waals surface area contributed by atoms with Crippen LogP contribution in [0.15, 0.2) is 54.6 Å². The van der Waals surface area contributed by atoms with E-state index in [9.17, 15) is 8.78 Å². The number of rotatable bonds is 7. The van der Waals surface area contributed by atoms with Gasteiger partial charge in [0.25, 0.3) is 0 Å². The zero-order valence-electron chi connectivity index (χ0n) is 11.9. The molecule has 0 radical (unpaired) electrons. The van der Waals surface area contributed by atoms with E-state index in [1.807, 2.05) is 30.3 Å². The van der Waals surface area contributed by atoms with Crippen molar-refractivity contribution in [2.24, 2.45) is 0 Å². The molecule has 0 bridgehead atoms. The van der Waals surface area contributed by atoms with Gasteiger partial charge in [-0.25, -0.2) is 0 Å². The van der Waals surface area contributed by atoms with Gasteiger partial charge in [0, 0.05) is 0 Å². The maximum atomic E-state index is 12.5. The Bertz CT molecular complexity index is 545. The Hall–Kier alpha value is -2.10. The second kappa shape index (κ2) is 7.62. The van der Waals surface area contributed by atoms with Crippen LogP contribution in [-0.4, -0.2) is 6.61 Å². The number of alkyl halides is 2. The first kappa shape index (κ1) is 15.3. The Morgan fingerprint density at radius 2 is 1.67 bits per heavy atom. The number of para-hydroxylation sites is 2. The summed E-state index contributed by atoms with van der Waals surface area (Å²) in [7, 11) is 0. The van der Waals surface area contributed by atoms with E-state index in [1.165, 1.54) is 0 Å². The average Bonchev–Trinajstić information content (AvgIpc) is 2.49. The van der Waals surface area contributed by atoms with Gasteiger partial charge in [-0.05, 0) is 24.1 Å². The van der Waals surface area contributed by atoms with Crippen molar-refractivity contribution in [1.82, 2.24) is 0 Å². The third-order valence-electron chi connectivity index (χ3n) is 3.21. The van der Waals surface area contributed by atoms with Crippen LogP contribution in [0, 0.1) is 0 Å². The molecule has 0 amide bonds. The van der Waals surface area contributed by atoms with Crippen LogP contribution in [-0.2, 0) is 0 Å². The minimum atomic E-state index is -2.82. The summed E-state index contributed by atoms with van der Waals surface area (Å²) in [6.45, 7) is -0.728. The predicted molar refractivity (Wildman–Crippen MR) is 80.8 cm³/mol. The van der Waals surface area contributed by atoms with Crippen molar-refractivity contribution in [3.63, 3.8) is 0 Å². The maximum Gasteiger partial charge on any atom is 0.387 e. The highest BCUT2D eigenvalue weighted by Crippen LogP contribution is 2.31. The number of ether oxygens (including phenoxy) is 1. The molecular weight excluding hydrogens is 272 g/mol. The second-order valence-electron chi connectivity index (χ2n) is 4.77. The smallest absolute Gasteiger partial charge is 0.387 e. The van der Waals surface area contributed by atoms with Crippen molar-refractivity contribution in [1.29, 1.82) is 0 Å². The summed E-state index contributed by atoms with van der Waals surface area (Å²) < 4.78 is 29.5. The lowest BCUT2D eigenvalue weighted by Gasteiger charge is -2.21. The molecule has 2 nitrogen and oxygen atoms in total. The molecule has 0 aliphatic carbocycles. The monoisotopic (exact) mass is 291 g/mol. The van der Waals surface area contributed by atoms with Gasteiger partial charge in [-0.3, -0.25) is 0 Å². The number of halogens is 2. The van der Waals surface area contributed by atoms with Gasteiger partial charge in [0.15, 0.2) is 0 Å². The summed E-state index contributed by atoms with van der Waals surface area (Å²) in [4.78, 5) is 0. The van der Waals surface area contributed by atoms with Crippen LogP contribution in [0.2, 0.25) is 0 Å². The highest BCUT2D eigenvalue weighted by atomic mass is 19.3. The third kappa shape index (κ3) is 4.45. The Labute approximate surface area is 123 Å². The van der Waals surface area contributed by atoms with Crippen LogP contribution in [0.4, 0.5) is 14.5 Å². The fourth-order valence-electron chi connectivity index (χ4n) is 2.27. The zero-order chi connectivity index (χ0) is 15.1. The Morgan fingerprint density at radius 3 is 2.33 bits per heavy atom. The molecule has 112 valence electrons. The molecule has 1 unspecified atom stereocenters. The number of hydrogen-bond acceptors (Lipinski definition) is 2. The van der Waals surface area contributed by atoms with Crippen LogP contribution < -0.4 is 10.1 Å². The summed E-state index contributed by atoms with van der Waals surface area (Å²) in [5.41, 5.74) is 1.71. The maximum absolute atomic E-state index is 12.5. The molecule has 0 fully saturated rings. The van der Waals surface area contributed by atoms with E-state index < -0.39 is 6.61 Å². The molecular formula is C17H19F2NO. The molecule has 2 aromatic carbocycles. The van der Waals surface area contributed by atoms with Crippen molar-refractivity contribution in [3.05, 3.63) is 60.2 Å². The molecule has 2 rings (SSSR count). The molecule has 4 heteroatoms. The van der Waals surface area contributed by atoms with Gasteiger partial charge in [0.1, 0.15) is 5.75 Å². The lowest BCUT2D eigenvalue weighted by atomic mass is 10.0. The van der Waals surface area contributed by atoms with Gasteiger partial charge in [-0.1, -0.05) is 55.8 Å². The average molecular weight is 291 g/mol. The molecule has 0 spiro atoms. The summed E-state index contributed by atoms with van der Waals surface area (Å²) in [6.07, 6.45) is 1.90. The molecule has 1 atom stereocenters. The largest absolute Gasteiger partial charge is 0.433 e. The van der Waals surface area contributed by atoms with Crippen molar-refractivity contribution < 1.29 is 13.5 Å². The first-order valence-electron chi connectivity index (χ1n) is 7.06. The Balaban J connectivity index is 2.21. The van der Waals surface area contributed by atoms with E-state index in [2.05, 4.69) is 17.0 Å². The Kier molecular flexibility index (Phi) is 5.55. The van der Waals surface area contributed by atoms with Crippen LogP contribution in [0.3, 0.4) is 0 Å². The van der Waals surface area contributed by atoms with Gasteiger partial charge in [-0.15, -0.1) is 0 Å². The zero-order valence-corrected chi connectivity index (χ0v) is 11.9. The molecule has 0 heterocycles. The van der Waals surface area contributed by atoms with E-state index in [1.54, 1.807) is 24.3 Å². The van der Waals surface area contributed by atoms with Gasteiger partial charge in [0.2, 0.25) is 0 Å². The number of hydrogen-bond donors (Lipinski definition) is 1. The molecule has 2 aromatic rings. The fraction of sp³-hybridized carbons (Fsp3) is 0.294. The highest BCUT2D eigenvalue weighted by Gasteiger charge is 2.14. The summed E-state index contributed by atoms with van der Waals surface area (Å²) >= 11 is 0. The van der Waals surface area contributed by atoms with E-state index in [-0.39, 0.29) is 11.8 Å². The first-order chi connectivity index (χ1) is 10.2. The van der Waals surface area contributed by atoms with Gasteiger partial charge in [-0.2, -0.15) is 8.78 Å². The molecule has 1 N–H and O–H groups in total. The fourth-order valence-corrected chi connectivity index (χ4v) is 2.27. The van der Waals surface area contributed by atoms with E-state index in [0.717, 1.165) is 18.4 Å². The summed E-state index contributed by atoms with van der Waals surface area (Å²) in [6, 6.07) is 16.8. The van der Waals surface area contributed by atoms with E-state index >= 15 is 0 Å². The van der Waals surface area contributed by atoms with E-state index in [4.69, 9.17) is 0 Å². The van der Waals surface area contributed by atoms with Crippen molar-refractivity contribution in [2.75, 3.05) is 5.32 Å². The quantitative estimate of drug-likeness (QED) is 0.753. The van der Waals surface area contributed by atoms with Crippen molar-refractivity contribution >= 4 is 5.69 Å².